The highest BCUT2D eigenvalue weighted by atomic mass is 16.6. The van der Waals surface area contributed by atoms with Gasteiger partial charge in [0, 0.05) is 30.7 Å². The zero-order valence-electron chi connectivity index (χ0n) is 13.8. The molecule has 1 aliphatic rings. The third-order valence-electron chi connectivity index (χ3n) is 3.84. The number of rotatable bonds is 3. The highest BCUT2D eigenvalue weighted by Crippen LogP contribution is 2.43. The summed E-state index contributed by atoms with van der Waals surface area (Å²) in [7, 11) is 1.93. The maximum absolute atomic E-state index is 12.9. The standard InChI is InChI=1S/C16H22N4O2/c1-11-7-6-8-12-13(11)16(9-18-19-17,10-20(12)5)14(21)22-15(2,3)4/h6-8H,9-10H2,1-5H3. The predicted molar refractivity (Wildman–Crippen MR) is 86.0 cm³/mol. The lowest BCUT2D eigenvalue weighted by molar-refractivity contribution is -0.161. The van der Waals surface area contributed by atoms with Gasteiger partial charge in [0.05, 0.1) is 0 Å². The van der Waals surface area contributed by atoms with Crippen LogP contribution in [0, 0.1) is 6.92 Å². The molecule has 1 aromatic rings. The second kappa shape index (κ2) is 5.54. The number of likely N-dealkylation sites (N-methyl/N-ethyl adjacent to an activating group) is 1. The van der Waals surface area contributed by atoms with Crippen LogP contribution in [0.4, 0.5) is 5.69 Å². The van der Waals surface area contributed by atoms with Gasteiger partial charge in [-0.25, -0.2) is 0 Å². The monoisotopic (exact) mass is 302 g/mol. The maximum Gasteiger partial charge on any atom is 0.319 e. The minimum atomic E-state index is -0.949. The molecule has 118 valence electrons. The number of esters is 1. The van der Waals surface area contributed by atoms with E-state index in [9.17, 15) is 4.79 Å². The van der Waals surface area contributed by atoms with E-state index in [2.05, 4.69) is 10.0 Å². The van der Waals surface area contributed by atoms with Crippen molar-refractivity contribution in [1.82, 2.24) is 0 Å². The van der Waals surface area contributed by atoms with Crippen LogP contribution >= 0.6 is 0 Å². The third kappa shape index (κ3) is 2.74. The lowest BCUT2D eigenvalue weighted by Gasteiger charge is -2.31. The van der Waals surface area contributed by atoms with Gasteiger partial charge in [0.2, 0.25) is 0 Å². The Labute approximate surface area is 130 Å². The largest absolute Gasteiger partial charge is 0.459 e. The molecule has 22 heavy (non-hydrogen) atoms. The van der Waals surface area contributed by atoms with Gasteiger partial charge in [-0.15, -0.1) is 0 Å². The van der Waals surface area contributed by atoms with Gasteiger partial charge in [-0.2, -0.15) is 0 Å². The number of fused-ring (bicyclic) bond motifs is 1. The predicted octanol–water partition coefficient (Wildman–Crippen LogP) is 3.33. The topological polar surface area (TPSA) is 78.3 Å². The van der Waals surface area contributed by atoms with Gasteiger partial charge in [0.15, 0.2) is 0 Å². The summed E-state index contributed by atoms with van der Waals surface area (Å²) in [6.45, 7) is 7.98. The van der Waals surface area contributed by atoms with Crippen LogP contribution < -0.4 is 4.90 Å². The van der Waals surface area contributed by atoms with Crippen molar-refractivity contribution in [3.8, 4) is 0 Å². The fourth-order valence-electron chi connectivity index (χ4n) is 3.05. The molecule has 6 heteroatoms. The summed E-state index contributed by atoms with van der Waals surface area (Å²) in [4.78, 5) is 17.8. The molecule has 2 rings (SSSR count). The number of anilines is 1. The number of benzene rings is 1. The number of aryl methyl sites for hydroxylation is 1. The molecular formula is C16H22N4O2. The first-order chi connectivity index (χ1) is 10.2. The molecule has 0 bridgehead atoms. The Morgan fingerprint density at radius 1 is 1.50 bits per heavy atom. The molecule has 0 radical (unpaired) electrons. The Kier molecular flexibility index (Phi) is 4.07. The molecule has 1 aromatic carbocycles. The summed E-state index contributed by atoms with van der Waals surface area (Å²) >= 11 is 0. The molecule has 1 aliphatic heterocycles. The van der Waals surface area contributed by atoms with Crippen molar-refractivity contribution in [2.24, 2.45) is 5.11 Å². The van der Waals surface area contributed by atoms with Crippen LogP contribution in [0.3, 0.4) is 0 Å². The molecule has 1 unspecified atom stereocenters. The number of carbonyl (C=O) groups excluding carboxylic acids is 1. The van der Waals surface area contributed by atoms with E-state index >= 15 is 0 Å². The normalized spacial score (nSPS) is 20.3. The third-order valence-corrected chi connectivity index (χ3v) is 3.84. The van der Waals surface area contributed by atoms with Gasteiger partial charge in [0.1, 0.15) is 11.0 Å². The van der Waals surface area contributed by atoms with Crippen molar-refractivity contribution >= 4 is 11.7 Å². The summed E-state index contributed by atoms with van der Waals surface area (Å²) in [6.07, 6.45) is 0. The van der Waals surface area contributed by atoms with Crippen molar-refractivity contribution in [2.75, 3.05) is 25.0 Å². The summed E-state index contributed by atoms with van der Waals surface area (Å²) in [5, 5.41) is 3.70. The Bertz CT molecular complexity index is 644. The Morgan fingerprint density at radius 2 is 2.18 bits per heavy atom. The van der Waals surface area contributed by atoms with Crippen LogP contribution in [0.25, 0.3) is 10.4 Å². The number of carbonyl (C=O) groups is 1. The molecule has 0 saturated heterocycles. The SMILES string of the molecule is Cc1cccc2c1C(CN=[N+]=[N-])(C(=O)OC(C)(C)C)CN2C. The van der Waals surface area contributed by atoms with E-state index in [0.29, 0.717) is 6.54 Å². The zero-order chi connectivity index (χ0) is 16.5. The Hall–Kier alpha value is -2.20. The van der Waals surface area contributed by atoms with E-state index in [4.69, 9.17) is 10.3 Å². The van der Waals surface area contributed by atoms with E-state index in [1.54, 1.807) is 0 Å². The molecule has 0 amide bonds. The molecule has 1 atom stereocenters. The molecule has 0 aliphatic carbocycles. The smallest absolute Gasteiger partial charge is 0.319 e. The first kappa shape index (κ1) is 16.2. The van der Waals surface area contributed by atoms with Crippen LogP contribution in [-0.4, -0.2) is 31.7 Å². The van der Waals surface area contributed by atoms with Crippen molar-refractivity contribution in [2.45, 2.75) is 38.7 Å². The molecule has 0 aromatic heterocycles. The zero-order valence-corrected chi connectivity index (χ0v) is 13.8. The van der Waals surface area contributed by atoms with Crippen LogP contribution in [0.5, 0.6) is 0 Å². The molecule has 0 spiro atoms. The molecule has 1 heterocycles. The van der Waals surface area contributed by atoms with E-state index in [0.717, 1.165) is 16.8 Å². The fraction of sp³-hybridized carbons (Fsp3) is 0.562. The minimum absolute atomic E-state index is 0.0562. The van der Waals surface area contributed by atoms with Crippen LogP contribution in [0.15, 0.2) is 23.3 Å². The number of nitrogens with zero attached hydrogens (tertiary/aromatic N) is 4. The molecular weight excluding hydrogens is 280 g/mol. The van der Waals surface area contributed by atoms with E-state index in [1.807, 2.05) is 57.8 Å². The second-order valence-electron chi connectivity index (χ2n) is 6.80. The average molecular weight is 302 g/mol. The maximum atomic E-state index is 12.9. The van der Waals surface area contributed by atoms with Crippen molar-refractivity contribution in [3.05, 3.63) is 39.8 Å². The van der Waals surface area contributed by atoms with E-state index < -0.39 is 11.0 Å². The highest BCUT2D eigenvalue weighted by molar-refractivity contribution is 5.90. The van der Waals surface area contributed by atoms with Crippen molar-refractivity contribution in [1.29, 1.82) is 0 Å². The van der Waals surface area contributed by atoms with E-state index in [1.165, 1.54) is 0 Å². The van der Waals surface area contributed by atoms with Gasteiger partial charge in [-0.3, -0.25) is 4.79 Å². The molecule has 0 saturated carbocycles. The fourth-order valence-corrected chi connectivity index (χ4v) is 3.05. The van der Waals surface area contributed by atoms with Crippen molar-refractivity contribution in [3.63, 3.8) is 0 Å². The number of azide groups is 1. The number of ether oxygens (including phenoxy) is 1. The first-order valence-electron chi connectivity index (χ1n) is 7.27. The van der Waals surface area contributed by atoms with Crippen LogP contribution in [0.1, 0.15) is 31.9 Å². The van der Waals surface area contributed by atoms with Gasteiger partial charge >= 0.3 is 5.97 Å². The molecule has 6 nitrogen and oxygen atoms in total. The van der Waals surface area contributed by atoms with Gasteiger partial charge in [0.25, 0.3) is 0 Å². The summed E-state index contributed by atoms with van der Waals surface area (Å²) in [6, 6.07) is 5.90. The Balaban J connectivity index is 2.58. The van der Waals surface area contributed by atoms with Crippen LogP contribution in [0.2, 0.25) is 0 Å². The molecule has 0 N–H and O–H groups in total. The van der Waals surface area contributed by atoms with Gasteiger partial charge in [-0.05, 0) is 50.4 Å². The summed E-state index contributed by atoms with van der Waals surface area (Å²) in [5.41, 5.74) is 10.1. The highest BCUT2D eigenvalue weighted by Gasteiger charge is 2.50. The summed E-state index contributed by atoms with van der Waals surface area (Å²) in [5.74, 6) is -0.340. The lowest BCUT2D eigenvalue weighted by atomic mass is 9.80. The number of hydrogen-bond donors (Lipinski definition) is 0. The average Bonchev–Trinajstić information content (AvgIpc) is 2.70. The van der Waals surface area contributed by atoms with Crippen LogP contribution in [-0.2, 0) is 14.9 Å². The second-order valence-corrected chi connectivity index (χ2v) is 6.80. The quantitative estimate of drug-likeness (QED) is 0.372. The van der Waals surface area contributed by atoms with Gasteiger partial charge in [-0.1, -0.05) is 17.2 Å². The lowest BCUT2D eigenvalue weighted by Crippen LogP contribution is -2.46. The van der Waals surface area contributed by atoms with E-state index in [-0.39, 0.29) is 12.5 Å². The summed E-state index contributed by atoms with van der Waals surface area (Å²) < 4.78 is 5.63. The minimum Gasteiger partial charge on any atom is -0.459 e. The number of hydrogen-bond acceptors (Lipinski definition) is 4. The first-order valence-corrected chi connectivity index (χ1v) is 7.27. The Morgan fingerprint density at radius 3 is 2.77 bits per heavy atom. The van der Waals surface area contributed by atoms with Crippen molar-refractivity contribution < 1.29 is 9.53 Å². The van der Waals surface area contributed by atoms with Gasteiger partial charge < -0.3 is 9.64 Å². The molecule has 0 fully saturated rings.